The number of carbonyl (C=O) groups is 2. The molecule has 0 amide bonds. The number of carbonyl (C=O) groups excluding carboxylic acids is 2. The summed E-state index contributed by atoms with van der Waals surface area (Å²) < 4.78 is 5.43. The Balaban J connectivity index is 1.83. The van der Waals surface area contributed by atoms with Crippen molar-refractivity contribution in [3.63, 3.8) is 0 Å². The summed E-state index contributed by atoms with van der Waals surface area (Å²) in [7, 11) is 0. The van der Waals surface area contributed by atoms with Crippen LogP contribution in [-0.2, 0) is 14.3 Å². The first-order valence-electron chi connectivity index (χ1n) is 10.5. The van der Waals surface area contributed by atoms with E-state index >= 15 is 0 Å². The number of fused-ring (bicyclic) bond motifs is 1. The lowest BCUT2D eigenvalue weighted by Gasteiger charge is -2.20. The van der Waals surface area contributed by atoms with Gasteiger partial charge >= 0.3 is 5.97 Å². The maximum Gasteiger partial charge on any atom is 0.303 e. The number of Topliss-reactive ketones (excluding diaryl/α,β-unsaturated/α-hetero) is 1. The van der Waals surface area contributed by atoms with Crippen LogP contribution in [0.4, 0.5) is 0 Å². The first-order chi connectivity index (χ1) is 14.0. The number of hydrogen-bond acceptors (Lipinski definition) is 4. The van der Waals surface area contributed by atoms with Gasteiger partial charge in [-0.25, -0.2) is 0 Å². The molecule has 0 aromatic heterocycles. The van der Waals surface area contributed by atoms with Crippen LogP contribution in [0.3, 0.4) is 0 Å². The van der Waals surface area contributed by atoms with E-state index in [1.807, 2.05) is 54.6 Å². The van der Waals surface area contributed by atoms with Gasteiger partial charge in [-0.05, 0) is 35.3 Å². The zero-order chi connectivity index (χ0) is 20.8. The van der Waals surface area contributed by atoms with Crippen LogP contribution in [0.2, 0.25) is 0 Å². The molecule has 2 aromatic carbocycles. The highest BCUT2D eigenvalue weighted by atomic mass is 16.5. The van der Waals surface area contributed by atoms with E-state index in [0.717, 1.165) is 42.0 Å². The molecule has 1 N–H and O–H groups in total. The van der Waals surface area contributed by atoms with E-state index in [-0.39, 0.29) is 36.1 Å². The number of aliphatic hydroxyl groups excluding tert-OH is 1. The minimum Gasteiger partial charge on any atom is -0.458 e. The van der Waals surface area contributed by atoms with Crippen LogP contribution in [0.25, 0.3) is 10.8 Å². The van der Waals surface area contributed by atoms with Gasteiger partial charge < -0.3 is 9.84 Å². The second-order valence-corrected chi connectivity index (χ2v) is 7.93. The Morgan fingerprint density at radius 1 is 1.21 bits per heavy atom. The second kappa shape index (κ2) is 9.84. The average molecular weight is 395 g/mol. The number of unbranched alkanes of at least 4 members (excludes halogenated alkanes) is 2. The van der Waals surface area contributed by atoms with Gasteiger partial charge in [0.2, 0.25) is 0 Å². The van der Waals surface area contributed by atoms with Crippen molar-refractivity contribution in [1.29, 1.82) is 0 Å². The third kappa shape index (κ3) is 5.33. The molecule has 4 atom stereocenters. The van der Waals surface area contributed by atoms with Gasteiger partial charge in [0.15, 0.2) is 0 Å². The summed E-state index contributed by atoms with van der Waals surface area (Å²) in [6.45, 7) is 3.54. The number of aliphatic hydroxyl groups is 1. The van der Waals surface area contributed by atoms with Crippen molar-refractivity contribution in [3.8, 4) is 0 Å². The maximum absolute atomic E-state index is 12.7. The minimum atomic E-state index is -0.719. The van der Waals surface area contributed by atoms with E-state index in [1.54, 1.807) is 0 Å². The Morgan fingerprint density at radius 3 is 2.69 bits per heavy atom. The van der Waals surface area contributed by atoms with Gasteiger partial charge in [-0.15, -0.1) is 0 Å². The van der Waals surface area contributed by atoms with Crippen molar-refractivity contribution in [2.24, 2.45) is 5.92 Å². The van der Waals surface area contributed by atoms with Crippen molar-refractivity contribution < 1.29 is 19.4 Å². The highest BCUT2D eigenvalue weighted by molar-refractivity contribution is 5.91. The van der Waals surface area contributed by atoms with Gasteiger partial charge in [0.25, 0.3) is 0 Å². The number of rotatable bonds is 8. The fraction of sp³-hybridized carbons (Fsp3) is 0.440. The number of benzene rings is 2. The largest absolute Gasteiger partial charge is 0.458 e. The molecule has 0 unspecified atom stereocenters. The summed E-state index contributed by atoms with van der Waals surface area (Å²) in [5.74, 6) is -0.949. The Morgan fingerprint density at radius 2 is 1.97 bits per heavy atom. The number of ether oxygens (including phenoxy) is 1. The van der Waals surface area contributed by atoms with Crippen LogP contribution in [0.5, 0.6) is 0 Å². The van der Waals surface area contributed by atoms with Crippen LogP contribution in [0.1, 0.15) is 57.4 Å². The van der Waals surface area contributed by atoms with E-state index in [9.17, 15) is 14.7 Å². The minimum absolute atomic E-state index is 0.0532. The lowest BCUT2D eigenvalue weighted by molar-refractivity contribution is -0.144. The first-order valence-corrected chi connectivity index (χ1v) is 10.5. The second-order valence-electron chi connectivity index (χ2n) is 7.93. The Bertz CT molecular complexity index is 885. The van der Waals surface area contributed by atoms with Gasteiger partial charge in [-0.1, -0.05) is 68.3 Å². The molecule has 0 spiro atoms. The van der Waals surface area contributed by atoms with E-state index in [0.29, 0.717) is 0 Å². The monoisotopic (exact) mass is 394 g/mol. The average Bonchev–Trinajstić information content (AvgIpc) is 2.98. The van der Waals surface area contributed by atoms with Gasteiger partial charge in [-0.2, -0.15) is 0 Å². The smallest absolute Gasteiger partial charge is 0.303 e. The van der Waals surface area contributed by atoms with Gasteiger partial charge in [-0.3, -0.25) is 9.59 Å². The normalized spacial score (nSPS) is 23.0. The van der Waals surface area contributed by atoms with Crippen LogP contribution in [0, 0.1) is 5.92 Å². The van der Waals surface area contributed by atoms with E-state index in [2.05, 4.69) is 6.92 Å². The lowest BCUT2D eigenvalue weighted by atomic mass is 9.86. The standard InChI is InChI=1S/C25H30O4/c1-3-4-5-10-21(29-17(2)26)13-14-22-23(27)16-24(28)25(22)20-12-11-18-8-6-7-9-19(18)15-20/h6-9,11-15,21-23,25,27H,3-5,10,16H2,1-2H3/t21-,22-,23+,25-/m0/s1. The van der Waals surface area contributed by atoms with Crippen molar-refractivity contribution in [2.75, 3.05) is 0 Å². The molecular weight excluding hydrogens is 364 g/mol. The van der Waals surface area contributed by atoms with Crippen molar-refractivity contribution in [3.05, 3.63) is 60.2 Å². The molecule has 0 aliphatic heterocycles. The zero-order valence-electron chi connectivity index (χ0n) is 17.2. The molecule has 0 heterocycles. The van der Waals surface area contributed by atoms with Gasteiger partial charge in [0.1, 0.15) is 11.9 Å². The molecule has 4 heteroatoms. The zero-order valence-corrected chi connectivity index (χ0v) is 17.2. The molecule has 2 aromatic rings. The van der Waals surface area contributed by atoms with Crippen molar-refractivity contribution >= 4 is 22.5 Å². The molecule has 1 aliphatic rings. The summed E-state index contributed by atoms with van der Waals surface area (Å²) in [6.07, 6.45) is 6.75. The molecule has 154 valence electrons. The summed E-state index contributed by atoms with van der Waals surface area (Å²) >= 11 is 0. The van der Waals surface area contributed by atoms with Gasteiger partial charge in [0.05, 0.1) is 12.0 Å². The van der Waals surface area contributed by atoms with Crippen LogP contribution in [-0.4, -0.2) is 29.1 Å². The van der Waals surface area contributed by atoms with Crippen LogP contribution in [0.15, 0.2) is 54.6 Å². The van der Waals surface area contributed by atoms with Gasteiger partial charge in [0, 0.05) is 19.3 Å². The predicted molar refractivity (Wildman–Crippen MR) is 115 cm³/mol. The molecule has 0 radical (unpaired) electrons. The maximum atomic E-state index is 12.7. The lowest BCUT2D eigenvalue weighted by Crippen LogP contribution is -2.19. The van der Waals surface area contributed by atoms with E-state index < -0.39 is 6.10 Å². The highest BCUT2D eigenvalue weighted by Gasteiger charge is 2.41. The highest BCUT2D eigenvalue weighted by Crippen LogP contribution is 2.39. The Hall–Kier alpha value is -2.46. The molecule has 1 aliphatic carbocycles. The topological polar surface area (TPSA) is 63.6 Å². The molecule has 3 rings (SSSR count). The van der Waals surface area contributed by atoms with E-state index in [4.69, 9.17) is 4.74 Å². The summed E-state index contributed by atoms with van der Waals surface area (Å²) in [4.78, 5) is 24.1. The SMILES string of the molecule is CCCCC[C@@H](C=C[C@H]1[C@H](O)CC(=O)[C@H]1c1ccc2ccccc2c1)OC(C)=O. The number of ketones is 1. The summed E-state index contributed by atoms with van der Waals surface area (Å²) in [5.41, 5.74) is 0.926. The Kier molecular flexibility index (Phi) is 7.21. The van der Waals surface area contributed by atoms with Crippen molar-refractivity contribution in [2.45, 2.75) is 64.1 Å². The fourth-order valence-corrected chi connectivity index (χ4v) is 4.21. The summed E-state index contributed by atoms with van der Waals surface area (Å²) in [5, 5.41) is 12.7. The molecule has 1 saturated carbocycles. The van der Waals surface area contributed by atoms with E-state index in [1.165, 1.54) is 6.92 Å². The quantitative estimate of drug-likeness (QED) is 0.391. The Labute approximate surface area is 172 Å². The molecule has 29 heavy (non-hydrogen) atoms. The molecule has 1 fully saturated rings. The molecular formula is C25H30O4. The molecule has 0 saturated heterocycles. The summed E-state index contributed by atoms with van der Waals surface area (Å²) in [6, 6.07) is 14.1. The first kappa shape index (κ1) is 21.3. The third-order valence-electron chi connectivity index (χ3n) is 5.68. The van der Waals surface area contributed by atoms with Crippen molar-refractivity contribution in [1.82, 2.24) is 0 Å². The molecule has 0 bridgehead atoms. The molecule has 4 nitrogen and oxygen atoms in total. The fourth-order valence-electron chi connectivity index (χ4n) is 4.21. The van der Waals surface area contributed by atoms with Crippen LogP contribution >= 0.6 is 0 Å². The predicted octanol–water partition coefficient (Wildman–Crippen LogP) is 4.94. The number of esters is 1. The third-order valence-corrected chi connectivity index (χ3v) is 5.68. The number of hydrogen-bond donors (Lipinski definition) is 1. The van der Waals surface area contributed by atoms with Crippen LogP contribution < -0.4 is 0 Å².